The highest BCUT2D eigenvalue weighted by Gasteiger charge is 2.32. The monoisotopic (exact) mass is 668 g/mol. The van der Waals surface area contributed by atoms with Crippen LogP contribution in [0.25, 0.3) is 0 Å². The fraction of sp³-hybridized carbons (Fsp3) is 0.378. The first-order valence-corrected chi connectivity index (χ1v) is 17.1. The van der Waals surface area contributed by atoms with Crippen molar-refractivity contribution in [2.24, 2.45) is 10.9 Å². The van der Waals surface area contributed by atoms with Crippen LogP contribution in [0.2, 0.25) is 5.02 Å². The van der Waals surface area contributed by atoms with Crippen molar-refractivity contribution < 1.29 is 19.5 Å². The van der Waals surface area contributed by atoms with Crippen LogP contribution in [0, 0.1) is 18.3 Å². The third-order valence-corrected chi connectivity index (χ3v) is 9.89. The molecule has 4 aliphatic rings. The van der Waals surface area contributed by atoms with Crippen LogP contribution in [-0.2, 0) is 16.0 Å². The first-order chi connectivity index (χ1) is 23.2. The van der Waals surface area contributed by atoms with E-state index in [1.165, 1.54) is 18.4 Å². The Balaban J connectivity index is 1.31. The molecule has 1 atom stereocenters. The lowest BCUT2D eigenvalue weighted by Crippen LogP contribution is -2.38. The van der Waals surface area contributed by atoms with E-state index in [2.05, 4.69) is 26.3 Å². The van der Waals surface area contributed by atoms with Crippen molar-refractivity contribution in [3.05, 3.63) is 98.1 Å². The number of halogens is 1. The number of rotatable bonds is 10. The predicted octanol–water partition coefficient (Wildman–Crippen LogP) is 6.49. The normalized spacial score (nSPS) is 19.9. The Morgan fingerprint density at radius 1 is 1.02 bits per heavy atom. The van der Waals surface area contributed by atoms with Gasteiger partial charge in [0.1, 0.15) is 11.5 Å². The molecule has 0 spiro atoms. The van der Waals surface area contributed by atoms with Crippen LogP contribution in [0.15, 0.2) is 75.8 Å². The van der Waals surface area contributed by atoms with Crippen molar-refractivity contribution in [3.8, 4) is 0 Å². The molecule has 0 aromatic heterocycles. The highest BCUT2D eigenvalue weighted by atomic mass is 35.5. The van der Waals surface area contributed by atoms with E-state index in [1.807, 2.05) is 13.0 Å². The number of carboxylic acid groups (broad SMARTS) is 1. The summed E-state index contributed by atoms with van der Waals surface area (Å²) in [6, 6.07) is 10.1. The van der Waals surface area contributed by atoms with Crippen molar-refractivity contribution in [1.82, 2.24) is 16.0 Å². The van der Waals surface area contributed by atoms with Crippen molar-refractivity contribution in [1.29, 1.82) is 5.41 Å². The Morgan fingerprint density at radius 2 is 1.75 bits per heavy atom. The highest BCUT2D eigenvalue weighted by molar-refractivity contribution is 6.44. The number of carbonyl (C=O) groups is 3. The van der Waals surface area contributed by atoms with Gasteiger partial charge in [-0.05, 0) is 110 Å². The van der Waals surface area contributed by atoms with Gasteiger partial charge in [-0.15, -0.1) is 0 Å². The highest BCUT2D eigenvalue weighted by Crippen LogP contribution is 2.39. The van der Waals surface area contributed by atoms with Gasteiger partial charge in [-0.3, -0.25) is 9.59 Å². The average Bonchev–Trinajstić information content (AvgIpc) is 3.88. The molecular weight excluding hydrogens is 628 g/mol. The average molecular weight is 669 g/mol. The van der Waals surface area contributed by atoms with Crippen molar-refractivity contribution in [2.75, 3.05) is 11.9 Å². The minimum Gasteiger partial charge on any atom is -0.478 e. The molecule has 2 fully saturated rings. The minimum absolute atomic E-state index is 0.0344. The number of benzene rings is 2. The third kappa shape index (κ3) is 7.54. The number of amides is 2. The Morgan fingerprint density at radius 3 is 2.42 bits per heavy atom. The number of carbonyl (C=O) groups excluding carboxylic acids is 2. The molecule has 2 aromatic rings. The number of hydrogen-bond acceptors (Lipinski definition) is 7. The summed E-state index contributed by atoms with van der Waals surface area (Å²) in [6.45, 7) is 2.42. The summed E-state index contributed by atoms with van der Waals surface area (Å²) in [7, 11) is 0. The van der Waals surface area contributed by atoms with Crippen molar-refractivity contribution in [3.63, 3.8) is 0 Å². The molecule has 1 aliphatic heterocycles. The molecule has 10 nitrogen and oxygen atoms in total. The Kier molecular flexibility index (Phi) is 10.1. The molecule has 0 bridgehead atoms. The van der Waals surface area contributed by atoms with Gasteiger partial charge in [-0.25, -0.2) is 9.79 Å². The van der Waals surface area contributed by atoms with Crippen molar-refractivity contribution >= 4 is 47.0 Å². The number of aliphatic imine (C=N–C) groups is 1. The molecule has 0 saturated heterocycles. The van der Waals surface area contributed by atoms with Crippen LogP contribution in [0.5, 0.6) is 0 Å². The fourth-order valence-corrected chi connectivity index (χ4v) is 6.97. The van der Waals surface area contributed by atoms with Gasteiger partial charge in [0.05, 0.1) is 28.6 Å². The van der Waals surface area contributed by atoms with Gasteiger partial charge < -0.3 is 31.8 Å². The summed E-state index contributed by atoms with van der Waals surface area (Å²) in [5, 5.41) is 31.2. The van der Waals surface area contributed by atoms with Crippen LogP contribution in [0.1, 0.15) is 90.9 Å². The van der Waals surface area contributed by atoms with Gasteiger partial charge in [-0.2, -0.15) is 0 Å². The SMILES string of the molecule is Cc1c(C(=O)O)ccc2c1CC[C@@H]2NC(C1=CC(C(=O)NCC2CCCCCC2)=N/C(=C(/C=N)C(=O)Nc2ccc(Cl)cc2)N1)=C1CC1. The van der Waals surface area contributed by atoms with E-state index < -0.39 is 11.9 Å². The number of carboxylic acids is 1. The predicted molar refractivity (Wildman–Crippen MR) is 187 cm³/mol. The summed E-state index contributed by atoms with van der Waals surface area (Å²) < 4.78 is 0. The lowest BCUT2D eigenvalue weighted by molar-refractivity contribution is -0.115. The van der Waals surface area contributed by atoms with E-state index in [4.69, 9.17) is 17.0 Å². The molecule has 11 heteroatoms. The molecule has 6 rings (SSSR count). The first kappa shape index (κ1) is 33.2. The first-order valence-electron chi connectivity index (χ1n) is 16.7. The molecule has 2 aromatic carbocycles. The van der Waals surface area contributed by atoms with Gasteiger partial charge in [0.15, 0.2) is 0 Å². The minimum atomic E-state index is -0.936. The second-order valence-electron chi connectivity index (χ2n) is 12.9. The molecule has 2 saturated carbocycles. The van der Waals surface area contributed by atoms with E-state index in [0.717, 1.165) is 80.0 Å². The number of nitrogens with zero attached hydrogens (tertiary/aromatic N) is 1. The van der Waals surface area contributed by atoms with E-state index in [0.29, 0.717) is 34.4 Å². The molecule has 0 unspecified atom stereocenters. The van der Waals surface area contributed by atoms with Crippen LogP contribution in [0.3, 0.4) is 0 Å². The Labute approximate surface area is 285 Å². The van der Waals surface area contributed by atoms with Gasteiger partial charge in [-0.1, -0.05) is 43.4 Å². The second kappa shape index (κ2) is 14.6. The number of hydrogen-bond donors (Lipinski definition) is 6. The Bertz CT molecular complexity index is 1760. The van der Waals surface area contributed by atoms with E-state index in [-0.39, 0.29) is 29.1 Å². The topological polar surface area (TPSA) is 156 Å². The second-order valence-corrected chi connectivity index (χ2v) is 13.4. The summed E-state index contributed by atoms with van der Waals surface area (Å²) in [5.74, 6) is -1.31. The van der Waals surface area contributed by atoms with Crippen molar-refractivity contribution in [2.45, 2.75) is 77.2 Å². The zero-order chi connectivity index (χ0) is 33.8. The zero-order valence-electron chi connectivity index (χ0n) is 27.0. The number of fused-ring (bicyclic) bond motifs is 1. The fourth-order valence-electron chi connectivity index (χ4n) is 6.85. The molecule has 250 valence electrons. The molecule has 48 heavy (non-hydrogen) atoms. The maximum Gasteiger partial charge on any atom is 0.335 e. The lowest BCUT2D eigenvalue weighted by Gasteiger charge is -2.25. The standard InChI is InChI=1S/C37H41ClN6O4/c1-21-26-16-17-30(28(26)15-14-27(21)37(47)48)42-33(23-8-9-23)31-18-32(36(46)40-20-22-6-4-2-3-5-7-22)44-34(43-31)29(19-39)35(45)41-25-12-10-24(38)11-13-25/h10-15,18-19,22,30,39,42-43H,2-9,16-17,20H2,1H3,(H,40,46)(H,41,45)(H,47,48)/b34-29-,39-19?/t30-/m0/s1. The van der Waals surface area contributed by atoms with Gasteiger partial charge in [0.25, 0.3) is 11.8 Å². The van der Waals surface area contributed by atoms with Gasteiger partial charge >= 0.3 is 5.97 Å². The van der Waals surface area contributed by atoms with E-state index in [9.17, 15) is 19.5 Å². The summed E-state index contributed by atoms with van der Waals surface area (Å²) >= 11 is 6.02. The number of nitrogens with one attached hydrogen (secondary N) is 5. The number of aromatic carboxylic acids is 1. The quantitative estimate of drug-likeness (QED) is 0.0966. The maximum atomic E-state index is 13.7. The summed E-state index contributed by atoms with van der Waals surface area (Å²) in [5.41, 5.74) is 6.42. The van der Waals surface area contributed by atoms with Crippen LogP contribution in [0.4, 0.5) is 5.69 Å². The number of anilines is 1. The molecule has 2 amide bonds. The molecular formula is C37H41ClN6O4. The third-order valence-electron chi connectivity index (χ3n) is 9.64. The van der Waals surface area contributed by atoms with Gasteiger partial charge in [0.2, 0.25) is 0 Å². The van der Waals surface area contributed by atoms with E-state index >= 15 is 0 Å². The lowest BCUT2D eigenvalue weighted by atomic mass is 9.98. The van der Waals surface area contributed by atoms with E-state index in [1.54, 1.807) is 36.4 Å². The van der Waals surface area contributed by atoms with Crippen LogP contribution < -0.4 is 21.3 Å². The molecule has 6 N–H and O–H groups in total. The summed E-state index contributed by atoms with van der Waals surface area (Å²) in [6.07, 6.45) is 12.9. The van der Waals surface area contributed by atoms with Crippen LogP contribution in [-0.4, -0.2) is 41.4 Å². The largest absolute Gasteiger partial charge is 0.478 e. The van der Waals surface area contributed by atoms with Crippen LogP contribution >= 0.6 is 11.6 Å². The zero-order valence-corrected chi connectivity index (χ0v) is 27.8. The molecule has 0 radical (unpaired) electrons. The molecule has 1 heterocycles. The summed E-state index contributed by atoms with van der Waals surface area (Å²) in [4.78, 5) is 43.5. The molecule has 3 aliphatic carbocycles. The number of allylic oxidation sites excluding steroid dienone is 1. The van der Waals surface area contributed by atoms with Gasteiger partial charge in [0, 0.05) is 23.5 Å². The maximum absolute atomic E-state index is 13.7. The smallest absolute Gasteiger partial charge is 0.335 e. The Hall–Kier alpha value is -4.70.